The van der Waals surface area contributed by atoms with Gasteiger partial charge in [-0.3, -0.25) is 9.78 Å². The van der Waals surface area contributed by atoms with Gasteiger partial charge in [0.05, 0.1) is 5.52 Å². The number of rotatable bonds is 3. The summed E-state index contributed by atoms with van der Waals surface area (Å²) in [5, 5.41) is 12.3. The molecule has 0 saturated carbocycles. The van der Waals surface area contributed by atoms with Crippen LogP contribution in [0.25, 0.3) is 10.9 Å². The van der Waals surface area contributed by atoms with E-state index in [4.69, 9.17) is 10.8 Å². The van der Waals surface area contributed by atoms with Crippen LogP contribution in [0.4, 0.5) is 11.4 Å². The van der Waals surface area contributed by atoms with Crippen LogP contribution in [0.1, 0.15) is 0 Å². The molecule has 5 heteroatoms. The lowest BCUT2D eigenvalue weighted by atomic mass is 10.1. The van der Waals surface area contributed by atoms with E-state index < -0.39 is 5.97 Å². The predicted octanol–water partition coefficient (Wildman–Crippen LogP) is 1.31. The molecule has 1 heterocycles. The van der Waals surface area contributed by atoms with Crippen molar-refractivity contribution in [1.29, 1.82) is 0 Å². The number of pyridine rings is 1. The molecule has 0 unspecified atom stereocenters. The van der Waals surface area contributed by atoms with Crippen molar-refractivity contribution in [3.8, 4) is 0 Å². The molecular weight excluding hydrogens is 206 g/mol. The summed E-state index contributed by atoms with van der Waals surface area (Å²) < 4.78 is 0. The molecule has 2 rings (SSSR count). The number of nitrogens with one attached hydrogen (secondary N) is 1. The van der Waals surface area contributed by atoms with Gasteiger partial charge < -0.3 is 16.2 Å². The zero-order valence-electron chi connectivity index (χ0n) is 8.47. The van der Waals surface area contributed by atoms with Crippen molar-refractivity contribution < 1.29 is 9.90 Å². The van der Waals surface area contributed by atoms with Crippen LogP contribution in [0.15, 0.2) is 30.5 Å². The van der Waals surface area contributed by atoms with Crippen molar-refractivity contribution in [3.05, 3.63) is 30.5 Å². The van der Waals surface area contributed by atoms with E-state index in [1.54, 1.807) is 24.4 Å². The molecule has 1 aromatic carbocycles. The van der Waals surface area contributed by atoms with Gasteiger partial charge in [-0.1, -0.05) is 0 Å². The highest BCUT2D eigenvalue weighted by atomic mass is 16.4. The number of hydrogen-bond donors (Lipinski definition) is 3. The second-order valence-electron chi connectivity index (χ2n) is 3.38. The van der Waals surface area contributed by atoms with Gasteiger partial charge in [-0.25, -0.2) is 0 Å². The molecule has 0 aliphatic carbocycles. The normalized spacial score (nSPS) is 10.2. The maximum Gasteiger partial charge on any atom is 0.322 e. The third-order valence-corrected chi connectivity index (χ3v) is 2.20. The fourth-order valence-corrected chi connectivity index (χ4v) is 1.49. The Kier molecular flexibility index (Phi) is 2.59. The number of aliphatic carboxylic acids is 1. The molecule has 0 aliphatic heterocycles. The molecule has 2 aromatic rings. The van der Waals surface area contributed by atoms with Crippen LogP contribution in [0.5, 0.6) is 0 Å². The summed E-state index contributed by atoms with van der Waals surface area (Å²) >= 11 is 0. The molecule has 0 fully saturated rings. The van der Waals surface area contributed by atoms with Crippen LogP contribution < -0.4 is 11.1 Å². The summed E-state index contributed by atoms with van der Waals surface area (Å²) in [5.41, 5.74) is 7.76. The van der Waals surface area contributed by atoms with E-state index in [1.807, 2.05) is 6.07 Å². The minimum atomic E-state index is -0.902. The van der Waals surface area contributed by atoms with Crippen LogP contribution >= 0.6 is 0 Å². The third kappa shape index (κ3) is 2.03. The summed E-state index contributed by atoms with van der Waals surface area (Å²) in [6.07, 6.45) is 1.62. The lowest BCUT2D eigenvalue weighted by Crippen LogP contribution is -2.12. The second kappa shape index (κ2) is 4.06. The van der Waals surface area contributed by atoms with Gasteiger partial charge in [-0.15, -0.1) is 0 Å². The number of fused-ring (bicyclic) bond motifs is 1. The number of hydrogen-bond acceptors (Lipinski definition) is 4. The van der Waals surface area contributed by atoms with E-state index >= 15 is 0 Å². The Labute approximate surface area is 91.9 Å². The standard InChI is InChI=1S/C11H11N3O2/c12-7-1-2-8-9(14-6-11(15)16)3-4-13-10(8)5-7/h1-5H,6,12H2,(H,13,14)(H,15,16). The maximum atomic E-state index is 10.5. The van der Waals surface area contributed by atoms with Gasteiger partial charge >= 0.3 is 5.97 Å². The van der Waals surface area contributed by atoms with E-state index in [9.17, 15) is 4.79 Å². The number of anilines is 2. The van der Waals surface area contributed by atoms with Crippen LogP contribution in [-0.2, 0) is 4.79 Å². The molecule has 16 heavy (non-hydrogen) atoms. The first-order valence-corrected chi connectivity index (χ1v) is 4.77. The molecule has 0 aliphatic rings. The van der Waals surface area contributed by atoms with Crippen LogP contribution in [0, 0.1) is 0 Å². The number of aromatic nitrogens is 1. The number of nitrogens with two attached hydrogens (primary N) is 1. The van der Waals surface area contributed by atoms with Crippen molar-refractivity contribution in [2.24, 2.45) is 0 Å². The Morgan fingerprint density at radius 3 is 3.00 bits per heavy atom. The van der Waals surface area contributed by atoms with E-state index in [-0.39, 0.29) is 6.54 Å². The summed E-state index contributed by atoms with van der Waals surface area (Å²) in [5.74, 6) is -0.902. The Balaban J connectivity index is 2.41. The van der Waals surface area contributed by atoms with Crippen LogP contribution in [0.2, 0.25) is 0 Å². The first kappa shape index (κ1) is 10.2. The van der Waals surface area contributed by atoms with E-state index in [1.165, 1.54) is 0 Å². The third-order valence-electron chi connectivity index (χ3n) is 2.20. The van der Waals surface area contributed by atoms with E-state index in [2.05, 4.69) is 10.3 Å². The molecule has 0 spiro atoms. The average Bonchev–Trinajstić information content (AvgIpc) is 2.25. The minimum Gasteiger partial charge on any atom is -0.480 e. The monoisotopic (exact) mass is 217 g/mol. The minimum absolute atomic E-state index is 0.122. The molecule has 0 bridgehead atoms. The van der Waals surface area contributed by atoms with Gasteiger partial charge in [0, 0.05) is 23.0 Å². The lowest BCUT2D eigenvalue weighted by Gasteiger charge is -2.07. The van der Waals surface area contributed by atoms with Gasteiger partial charge in [-0.05, 0) is 24.3 Å². The van der Waals surface area contributed by atoms with E-state index in [0.29, 0.717) is 5.69 Å². The zero-order chi connectivity index (χ0) is 11.5. The van der Waals surface area contributed by atoms with Crippen molar-refractivity contribution in [2.45, 2.75) is 0 Å². The number of benzene rings is 1. The summed E-state index contributed by atoms with van der Waals surface area (Å²) in [6, 6.07) is 7.07. The quantitative estimate of drug-likeness (QED) is 0.674. The molecular formula is C11H11N3O2. The van der Waals surface area contributed by atoms with Crippen molar-refractivity contribution in [2.75, 3.05) is 17.6 Å². The molecule has 0 radical (unpaired) electrons. The number of carboxylic acids is 1. The van der Waals surface area contributed by atoms with Crippen molar-refractivity contribution >= 4 is 28.2 Å². The number of nitrogen functional groups attached to an aromatic ring is 1. The largest absolute Gasteiger partial charge is 0.480 e. The highest BCUT2D eigenvalue weighted by Gasteiger charge is 2.03. The second-order valence-corrected chi connectivity index (χ2v) is 3.38. The maximum absolute atomic E-state index is 10.5. The zero-order valence-corrected chi connectivity index (χ0v) is 8.47. The summed E-state index contributed by atoms with van der Waals surface area (Å²) in [6.45, 7) is -0.122. The average molecular weight is 217 g/mol. The fraction of sp³-hybridized carbons (Fsp3) is 0.0909. The highest BCUT2D eigenvalue weighted by Crippen LogP contribution is 2.22. The van der Waals surface area contributed by atoms with Gasteiger partial charge in [0.25, 0.3) is 0 Å². The number of carbonyl (C=O) groups is 1. The first-order chi connectivity index (χ1) is 7.66. The summed E-state index contributed by atoms with van der Waals surface area (Å²) in [4.78, 5) is 14.6. The predicted molar refractivity (Wildman–Crippen MR) is 62.3 cm³/mol. The Morgan fingerprint density at radius 2 is 2.25 bits per heavy atom. The lowest BCUT2D eigenvalue weighted by molar-refractivity contribution is -0.134. The fourth-order valence-electron chi connectivity index (χ4n) is 1.49. The number of carboxylic acid groups (broad SMARTS) is 1. The van der Waals surface area contributed by atoms with Crippen molar-refractivity contribution in [3.63, 3.8) is 0 Å². The number of nitrogens with zero attached hydrogens (tertiary/aromatic N) is 1. The molecule has 82 valence electrons. The Bertz CT molecular complexity index is 540. The van der Waals surface area contributed by atoms with Crippen LogP contribution in [-0.4, -0.2) is 22.6 Å². The highest BCUT2D eigenvalue weighted by molar-refractivity contribution is 5.93. The molecule has 0 atom stereocenters. The smallest absolute Gasteiger partial charge is 0.322 e. The van der Waals surface area contributed by atoms with Gasteiger partial charge in [-0.2, -0.15) is 0 Å². The van der Waals surface area contributed by atoms with Gasteiger partial charge in [0.15, 0.2) is 0 Å². The first-order valence-electron chi connectivity index (χ1n) is 4.77. The van der Waals surface area contributed by atoms with Crippen LogP contribution in [0.3, 0.4) is 0 Å². The topological polar surface area (TPSA) is 88.2 Å². The molecule has 5 nitrogen and oxygen atoms in total. The van der Waals surface area contributed by atoms with Gasteiger partial charge in [0.2, 0.25) is 0 Å². The molecule has 1 aromatic heterocycles. The van der Waals surface area contributed by atoms with Gasteiger partial charge in [0.1, 0.15) is 6.54 Å². The molecule has 0 saturated heterocycles. The Hall–Kier alpha value is -2.30. The molecule has 0 amide bonds. The SMILES string of the molecule is Nc1ccc2c(NCC(=O)O)ccnc2c1. The Morgan fingerprint density at radius 1 is 1.44 bits per heavy atom. The summed E-state index contributed by atoms with van der Waals surface area (Å²) in [7, 11) is 0. The van der Waals surface area contributed by atoms with Crippen molar-refractivity contribution in [1.82, 2.24) is 4.98 Å². The van der Waals surface area contributed by atoms with E-state index in [0.717, 1.165) is 16.6 Å². The molecule has 4 N–H and O–H groups in total.